The SMILES string of the molecule is Cc1cc2c[c-]cc(N)c2c(O)c1N=Nc1ccccc1.Cc1ccc(N=Nc2c(O)c(C(=O)[O-])cc3ccccc23)c(S(=O)(=O)[O-])c1.Nc1ccc(N=Nc2ccccc2)c(N)n1.O=C(Nc1ccccn1)Oc1ccc(N=Nc2ccc(O)c(C(=O)O)c2)cc1.O=C(O)c1cc(C=Cc2ccc(O)c(C(O)O)c2)ccc1O.O=C(O)c1ccccc1N=Nc1ccc(N(CCO)CCO)cc1.O=S(=O)=O.[CH2]=[V].[Ca+2].[Ca+2].[H-].[H-].[Na+]. The molecule has 0 saturated carbocycles. The Hall–Kier alpha value is -14.9. The third-order valence-electron chi connectivity index (χ3n) is 18.9. The van der Waals surface area contributed by atoms with Gasteiger partial charge in [0.1, 0.15) is 90.1 Å². The number of azo groups is 5. The maximum Gasteiger partial charge on any atom is 2.00 e. The number of carbonyl (C=O) groups excluding carboxylic acids is 2. The van der Waals surface area contributed by atoms with E-state index < -0.39 is 73.2 Å². The van der Waals surface area contributed by atoms with Gasteiger partial charge in [-0.25, -0.2) is 37.6 Å². The minimum atomic E-state index is -4.80. The topological polar surface area (TPSA) is 712 Å². The van der Waals surface area contributed by atoms with E-state index in [1.165, 1.54) is 72.8 Å². The van der Waals surface area contributed by atoms with E-state index in [0.717, 1.165) is 34.1 Å². The van der Waals surface area contributed by atoms with Gasteiger partial charge in [-0.1, -0.05) is 120 Å². The predicted molar refractivity (Wildman–Crippen MR) is 541 cm³/mol. The number of nitrogens with zero attached hydrogens (tertiary/aromatic N) is 13. The molecular weight excluding hydrogens is 2050 g/mol. The standard InChI is InChI=1S/C19H14N4O5.C18H14N2O6S.C17H19N3O4.C17H14N3O.C16H14O6.C11H11N5.CH2.2Ca.Na.O3S.V.2H/c24-16-9-6-13(11-15(16)18(25)26)23-22-12-4-7-14(8-5-12)28-19(27)21-17-3-1-2-10-20-17;1-10-6-7-14(15(8-10)27(24,25)26)19-20-16-12-5-3-2-4-11(12)9-13(17(16)21)18(22)23;21-11-9-20(10-12-22)14-7-5-13(6-8-14)18-19-16-4-2-1-3-15(16)17(23)24;1-11-10-12-6-5-9-14(18)15(12)17(21)16(11)20-19-13-7-3-2-4-8-13;17-13-5-3-9(7-11(13)15(19)20)1-2-10-4-6-14(18)12(8-10)16(21)22;12-10-7-6-9(11(13)14-10)16-15-8-4-2-1-3-5-8;;;;;1-4(2)3;;;/h1-11,24H,(H,25,26)(H,20,21,27);2-9,21H,1H3,(H,22,23)(H,24,25,26);1-8,21-22H,9-12H2,(H,23,24);2-4,6-10,21H,18H2,1H3;1-8,15,17-20H,(H,21,22);1-7H,(H4,12,13,14);1H2;;;;;;;/q;;;-1;;;;2*+2;+1;;;2*-1/p-2. The third kappa shape index (κ3) is 39.2. The Morgan fingerprint density at radius 2 is 1.01 bits per heavy atom. The monoisotopic (exact) mass is 2130 g/mol. The Kier molecular flexibility index (Phi) is 51.8. The number of aliphatic hydroxyl groups excluding tert-OH is 3. The Bertz CT molecular complexity index is 7510. The number of aromatic carboxylic acids is 4. The molecule has 48 heteroatoms. The zero-order valence-corrected chi connectivity index (χ0v) is 87.3. The van der Waals surface area contributed by atoms with Crippen molar-refractivity contribution in [3.8, 4) is 34.5 Å². The number of rotatable bonds is 25. The molecule has 15 aromatic rings. The van der Waals surface area contributed by atoms with Crippen molar-refractivity contribution in [1.29, 1.82) is 0 Å². The Labute approximate surface area is 933 Å². The van der Waals surface area contributed by atoms with E-state index in [0.29, 0.717) is 91.8 Å². The fourth-order valence-corrected chi connectivity index (χ4v) is 12.9. The second kappa shape index (κ2) is 62.1. The number of hydrogen-bond acceptors (Lipinski definition) is 38. The molecule has 0 spiro atoms. The Morgan fingerprint density at radius 1 is 0.524 bits per heavy atom. The number of aromatic nitrogens is 2. The van der Waals surface area contributed by atoms with Crippen LogP contribution >= 0.6 is 0 Å². The Balaban J connectivity index is 0.000000454. The average Bonchev–Trinajstić information content (AvgIpc) is 0.783. The molecule has 0 aliphatic heterocycles. The van der Waals surface area contributed by atoms with Crippen molar-refractivity contribution in [1.82, 2.24) is 9.97 Å². The largest absolute Gasteiger partial charge is 2.00 e. The number of ether oxygens (including phenoxy) is 1. The van der Waals surface area contributed by atoms with Crippen LogP contribution < -0.4 is 66.8 Å². The number of nitrogens with two attached hydrogens (primary N) is 3. The molecule has 0 radical (unpaired) electrons. The van der Waals surface area contributed by atoms with Gasteiger partial charge >= 0.3 is 162 Å². The minimum absolute atomic E-state index is 0. The number of hydrogen-bond donors (Lipinski definition) is 16. The summed E-state index contributed by atoms with van der Waals surface area (Å²) in [5.74, 6) is -5.36. The van der Waals surface area contributed by atoms with E-state index in [1.807, 2.05) is 90.7 Å². The normalized spacial score (nSPS) is 10.6. The first kappa shape index (κ1) is 123. The van der Waals surface area contributed by atoms with Crippen molar-refractivity contribution in [2.24, 2.45) is 51.1 Å². The molecular formula is C99H88Ca2N17NaO25S2V. The van der Waals surface area contributed by atoms with E-state index in [-0.39, 0.29) is 195 Å². The average molecular weight is 2130 g/mol. The molecule has 0 saturated heterocycles. The molecule has 2 aromatic heterocycles. The third-order valence-corrected chi connectivity index (χ3v) is 19.8. The van der Waals surface area contributed by atoms with Gasteiger partial charge in [-0.3, -0.25) is 5.32 Å². The smallest absolute Gasteiger partial charge is 1.00 e. The van der Waals surface area contributed by atoms with Crippen molar-refractivity contribution in [2.75, 3.05) is 53.7 Å². The molecule has 0 atom stereocenters. The van der Waals surface area contributed by atoms with Gasteiger partial charge in [0.05, 0.1) is 58.1 Å². The van der Waals surface area contributed by atoms with Crippen LogP contribution in [0.2, 0.25) is 0 Å². The maximum atomic E-state index is 11.8. The number of nitrogens with one attached hydrogen (secondary N) is 1. The van der Waals surface area contributed by atoms with Crippen LogP contribution in [-0.4, -0.2) is 234 Å². The number of fused-ring (bicyclic) bond motifs is 2. The minimum Gasteiger partial charge on any atom is -1.00 e. The number of pyridine rings is 2. The van der Waals surface area contributed by atoms with Crippen LogP contribution in [0.5, 0.6) is 34.5 Å². The van der Waals surface area contributed by atoms with Crippen molar-refractivity contribution in [2.45, 2.75) is 25.0 Å². The number of phenols is 5. The Morgan fingerprint density at radius 3 is 1.58 bits per heavy atom. The van der Waals surface area contributed by atoms with E-state index >= 15 is 0 Å². The van der Waals surface area contributed by atoms with Crippen LogP contribution in [-0.2, 0) is 37.7 Å². The summed E-state index contributed by atoms with van der Waals surface area (Å²) in [5, 5.41) is 172. The summed E-state index contributed by atoms with van der Waals surface area (Å²) < 4.78 is 64.8. The summed E-state index contributed by atoms with van der Waals surface area (Å²) in [6.07, 6.45) is 2.29. The van der Waals surface area contributed by atoms with Gasteiger partial charge < -0.3 is 105 Å². The zero-order chi connectivity index (χ0) is 105. The molecule has 42 nitrogen and oxygen atoms in total. The van der Waals surface area contributed by atoms with Gasteiger partial charge in [-0.2, -0.15) is 43.8 Å². The fraction of sp³-hybridized carbons (Fsp3) is 0.0707. The molecule has 2 heterocycles. The van der Waals surface area contributed by atoms with Gasteiger partial charge in [-0.05, 0) is 211 Å². The van der Waals surface area contributed by atoms with Crippen molar-refractivity contribution in [3.05, 3.63) is 347 Å². The van der Waals surface area contributed by atoms with E-state index in [2.05, 4.69) is 94.7 Å². The number of anilines is 5. The molecule has 19 N–H and O–H groups in total. The van der Waals surface area contributed by atoms with Crippen LogP contribution in [0.3, 0.4) is 0 Å². The number of carbonyl (C=O) groups is 5. The molecule has 13 aromatic carbocycles. The number of phenolic OH excluding ortho intramolecular Hbond substituents is 2. The summed E-state index contributed by atoms with van der Waals surface area (Å²) in [5.41, 5.74) is 23.6. The maximum absolute atomic E-state index is 11.8. The van der Waals surface area contributed by atoms with E-state index in [1.54, 1.807) is 153 Å². The predicted octanol–water partition coefficient (Wildman–Crippen LogP) is 14.3. The molecule has 0 bridgehead atoms. The number of aliphatic hydroxyl groups is 4. The number of carboxylic acids is 4. The molecule has 741 valence electrons. The van der Waals surface area contributed by atoms with E-state index in [9.17, 15) is 67.6 Å². The summed E-state index contributed by atoms with van der Waals surface area (Å²) in [6, 6.07) is 79.2. The summed E-state index contributed by atoms with van der Waals surface area (Å²) in [6.45, 7) is 4.32. The quantitative estimate of drug-likeness (QED) is 0.00480. The number of carboxylic acid groups (broad SMARTS) is 4. The summed E-state index contributed by atoms with van der Waals surface area (Å²) in [4.78, 5) is 65.3. The van der Waals surface area contributed by atoms with Gasteiger partial charge in [-0.15, -0.1) is 49.7 Å². The zero-order valence-electron chi connectivity index (χ0n) is 79.9. The molecule has 1 amide bonds. The molecule has 147 heavy (non-hydrogen) atoms. The van der Waals surface area contributed by atoms with Crippen molar-refractivity contribution < 1.29 is 170 Å². The first-order valence-electron chi connectivity index (χ1n) is 41.5. The van der Waals surface area contributed by atoms with Gasteiger partial charge in [0, 0.05) is 41.5 Å². The van der Waals surface area contributed by atoms with Crippen LogP contribution in [0.4, 0.5) is 90.5 Å². The number of nitrogen functional groups attached to an aromatic ring is 3. The molecule has 0 aliphatic carbocycles. The second-order valence-electron chi connectivity index (χ2n) is 28.9. The first-order valence-corrected chi connectivity index (χ1v) is 44.9. The van der Waals surface area contributed by atoms with Crippen LogP contribution in [0.1, 0.15) is 78.4 Å². The van der Waals surface area contributed by atoms with E-state index in [4.69, 9.17) is 70.3 Å². The van der Waals surface area contributed by atoms with Crippen LogP contribution in [0.25, 0.3) is 33.7 Å². The summed E-state index contributed by atoms with van der Waals surface area (Å²) in [7, 11) is -7.92. The van der Waals surface area contributed by atoms with Gasteiger partial charge in [0.2, 0.25) is 0 Å². The van der Waals surface area contributed by atoms with Crippen LogP contribution in [0, 0.1) is 19.9 Å². The number of amides is 1. The molecule has 0 fully saturated rings. The second-order valence-corrected chi connectivity index (χ2v) is 30.7. The fourth-order valence-electron chi connectivity index (χ4n) is 12.2. The number of benzene rings is 13. The molecule has 0 unspecified atom stereocenters. The van der Waals surface area contributed by atoms with Crippen LogP contribution in [0.15, 0.2) is 347 Å². The first-order chi connectivity index (χ1) is 68.9. The molecule has 15 rings (SSSR count). The number of aryl methyl sites for hydroxylation is 2. The summed E-state index contributed by atoms with van der Waals surface area (Å²) >= 11 is 2.06. The van der Waals surface area contributed by atoms with Gasteiger partial charge in [0.25, 0.3) is 0 Å². The molecule has 0 aliphatic rings. The number of aromatic hydroxyl groups is 5. The van der Waals surface area contributed by atoms with Crippen molar-refractivity contribution in [3.63, 3.8) is 0 Å². The van der Waals surface area contributed by atoms with Gasteiger partial charge in [0.15, 0.2) is 17.9 Å². The van der Waals surface area contributed by atoms with Crippen molar-refractivity contribution >= 4 is 251 Å².